The van der Waals surface area contributed by atoms with E-state index in [0.29, 0.717) is 28.7 Å². The summed E-state index contributed by atoms with van der Waals surface area (Å²) in [5, 5.41) is 22.7. The van der Waals surface area contributed by atoms with Crippen molar-refractivity contribution in [2.24, 2.45) is 0 Å². The molecule has 0 saturated carbocycles. The van der Waals surface area contributed by atoms with E-state index in [1.807, 2.05) is 77.4 Å². The van der Waals surface area contributed by atoms with Crippen LogP contribution in [0, 0.1) is 0 Å². The fraction of sp³-hybridized carbons (Fsp3) is 0.130. The van der Waals surface area contributed by atoms with E-state index in [-0.39, 0.29) is 0 Å². The minimum absolute atomic E-state index is 0.482. The molecule has 0 aliphatic carbocycles. The van der Waals surface area contributed by atoms with Crippen molar-refractivity contribution in [1.82, 2.24) is 4.57 Å². The number of fused-ring (bicyclic) bond motifs is 1. The highest BCUT2D eigenvalue weighted by atomic mass is 35.5. The molecule has 0 unspecified atom stereocenters. The molecule has 1 aromatic heterocycles. The van der Waals surface area contributed by atoms with Crippen LogP contribution in [-0.2, 0) is 13.0 Å². The summed E-state index contributed by atoms with van der Waals surface area (Å²) in [6, 6.07) is 23.2. The summed E-state index contributed by atoms with van der Waals surface area (Å²) in [6.45, 7) is 0.497. The summed E-state index contributed by atoms with van der Waals surface area (Å²) in [5.41, 5.74) is 4.37. The lowest BCUT2D eigenvalue weighted by molar-refractivity contribution is -0.0484. The van der Waals surface area contributed by atoms with Gasteiger partial charge in [-0.25, -0.2) is 0 Å². The van der Waals surface area contributed by atoms with Gasteiger partial charge >= 0.3 is 0 Å². The first-order chi connectivity index (χ1) is 13.5. The highest BCUT2D eigenvalue weighted by Crippen LogP contribution is 2.34. The number of aliphatic hydroxyl groups excluding tert-OH is 1. The number of hydrogen-bond donors (Lipinski definition) is 2. The summed E-state index contributed by atoms with van der Waals surface area (Å²) in [5.74, 6) is 0. The summed E-state index contributed by atoms with van der Waals surface area (Å²) in [4.78, 5) is 0. The molecule has 5 heteroatoms. The summed E-state index contributed by atoms with van der Waals surface area (Å²) >= 11 is 12.3. The predicted molar refractivity (Wildman–Crippen MR) is 114 cm³/mol. The molecule has 4 rings (SSSR count). The number of hydrogen-bond acceptors (Lipinski definition) is 2. The SMILES string of the molecule is OC(O)c1c(Cc2ccccc2)c2cc(Cl)ccc2n1Cc1ccc(Cl)cc1. The van der Waals surface area contributed by atoms with E-state index < -0.39 is 6.29 Å². The van der Waals surface area contributed by atoms with Gasteiger partial charge in [0.2, 0.25) is 0 Å². The Labute approximate surface area is 173 Å². The summed E-state index contributed by atoms with van der Waals surface area (Å²) in [6.07, 6.45) is -1.02. The second kappa shape index (κ2) is 7.98. The van der Waals surface area contributed by atoms with Gasteiger partial charge in [0.1, 0.15) is 0 Å². The lowest BCUT2D eigenvalue weighted by atomic mass is 10.0. The van der Waals surface area contributed by atoms with Gasteiger partial charge in [-0.05, 0) is 47.0 Å². The second-order valence-electron chi connectivity index (χ2n) is 6.77. The van der Waals surface area contributed by atoms with Crippen LogP contribution < -0.4 is 0 Å². The Morgan fingerprint density at radius 3 is 2.14 bits per heavy atom. The zero-order chi connectivity index (χ0) is 19.7. The highest BCUT2D eigenvalue weighted by molar-refractivity contribution is 6.31. The molecule has 3 nitrogen and oxygen atoms in total. The summed E-state index contributed by atoms with van der Waals surface area (Å²) < 4.78 is 1.94. The molecule has 0 aliphatic heterocycles. The fourth-order valence-electron chi connectivity index (χ4n) is 3.64. The van der Waals surface area contributed by atoms with E-state index in [1.54, 1.807) is 0 Å². The molecule has 2 N–H and O–H groups in total. The maximum Gasteiger partial charge on any atom is 0.194 e. The smallest absolute Gasteiger partial charge is 0.194 e. The van der Waals surface area contributed by atoms with Crippen LogP contribution in [0.1, 0.15) is 28.7 Å². The van der Waals surface area contributed by atoms with E-state index in [0.717, 1.165) is 27.6 Å². The van der Waals surface area contributed by atoms with Gasteiger partial charge in [-0.3, -0.25) is 0 Å². The Morgan fingerprint density at radius 1 is 0.786 bits per heavy atom. The Bertz CT molecular complexity index is 1100. The van der Waals surface area contributed by atoms with Gasteiger partial charge in [0.25, 0.3) is 0 Å². The molecule has 142 valence electrons. The van der Waals surface area contributed by atoms with Crippen molar-refractivity contribution in [3.05, 3.63) is 105 Å². The number of aromatic nitrogens is 1. The van der Waals surface area contributed by atoms with Crippen LogP contribution in [-0.4, -0.2) is 14.8 Å². The van der Waals surface area contributed by atoms with Gasteiger partial charge in [0.05, 0.1) is 5.69 Å². The number of halogens is 2. The number of rotatable bonds is 5. The molecule has 3 aromatic carbocycles. The van der Waals surface area contributed by atoms with E-state index >= 15 is 0 Å². The lowest BCUT2D eigenvalue weighted by Crippen LogP contribution is -2.10. The highest BCUT2D eigenvalue weighted by Gasteiger charge is 2.22. The molecule has 0 radical (unpaired) electrons. The fourth-order valence-corrected chi connectivity index (χ4v) is 3.94. The number of nitrogens with zero attached hydrogens (tertiary/aromatic N) is 1. The molecule has 0 spiro atoms. The molecular formula is C23H19Cl2NO2. The van der Waals surface area contributed by atoms with Crippen molar-refractivity contribution in [2.45, 2.75) is 19.3 Å². The first-order valence-electron chi connectivity index (χ1n) is 8.98. The molecule has 0 fully saturated rings. The Kier molecular flexibility index (Phi) is 5.42. The van der Waals surface area contributed by atoms with Crippen LogP contribution in [0.5, 0.6) is 0 Å². The van der Waals surface area contributed by atoms with Crippen LogP contribution in [0.3, 0.4) is 0 Å². The first-order valence-corrected chi connectivity index (χ1v) is 9.73. The molecule has 0 saturated heterocycles. The molecule has 0 bridgehead atoms. The molecular weight excluding hydrogens is 393 g/mol. The van der Waals surface area contributed by atoms with Gasteiger partial charge in [0.15, 0.2) is 6.29 Å². The van der Waals surface area contributed by atoms with Crippen molar-refractivity contribution >= 4 is 34.1 Å². The van der Waals surface area contributed by atoms with E-state index in [9.17, 15) is 10.2 Å². The average Bonchev–Trinajstić information content (AvgIpc) is 2.97. The maximum absolute atomic E-state index is 10.2. The summed E-state index contributed by atoms with van der Waals surface area (Å²) in [7, 11) is 0. The maximum atomic E-state index is 10.2. The Hall–Kier alpha value is -2.30. The zero-order valence-electron chi connectivity index (χ0n) is 15.0. The van der Waals surface area contributed by atoms with Gasteiger partial charge < -0.3 is 14.8 Å². The molecule has 0 amide bonds. The normalized spacial score (nSPS) is 11.5. The van der Waals surface area contributed by atoms with Gasteiger partial charge in [0, 0.05) is 33.9 Å². The van der Waals surface area contributed by atoms with Crippen molar-refractivity contribution in [3.63, 3.8) is 0 Å². The lowest BCUT2D eigenvalue weighted by Gasteiger charge is -2.14. The van der Waals surface area contributed by atoms with Crippen molar-refractivity contribution < 1.29 is 10.2 Å². The molecule has 28 heavy (non-hydrogen) atoms. The Morgan fingerprint density at radius 2 is 1.46 bits per heavy atom. The van der Waals surface area contributed by atoms with Crippen molar-refractivity contribution in [2.75, 3.05) is 0 Å². The van der Waals surface area contributed by atoms with E-state index in [2.05, 4.69) is 0 Å². The van der Waals surface area contributed by atoms with E-state index in [4.69, 9.17) is 23.2 Å². The van der Waals surface area contributed by atoms with Gasteiger partial charge in [-0.1, -0.05) is 65.7 Å². The van der Waals surface area contributed by atoms with Gasteiger partial charge in [-0.2, -0.15) is 0 Å². The second-order valence-corrected chi connectivity index (χ2v) is 7.65. The molecule has 0 aliphatic rings. The number of benzene rings is 3. The third-order valence-electron chi connectivity index (χ3n) is 4.90. The van der Waals surface area contributed by atoms with E-state index in [1.165, 1.54) is 0 Å². The zero-order valence-corrected chi connectivity index (χ0v) is 16.5. The van der Waals surface area contributed by atoms with Crippen LogP contribution in [0.4, 0.5) is 0 Å². The number of aliphatic hydroxyl groups is 2. The van der Waals surface area contributed by atoms with Crippen LogP contribution in [0.25, 0.3) is 10.9 Å². The van der Waals surface area contributed by atoms with Gasteiger partial charge in [-0.15, -0.1) is 0 Å². The minimum atomic E-state index is -1.60. The van der Waals surface area contributed by atoms with Crippen LogP contribution in [0.2, 0.25) is 10.0 Å². The monoisotopic (exact) mass is 411 g/mol. The molecule has 1 heterocycles. The molecule has 0 atom stereocenters. The van der Waals surface area contributed by atoms with Crippen molar-refractivity contribution in [3.8, 4) is 0 Å². The topological polar surface area (TPSA) is 45.4 Å². The third kappa shape index (κ3) is 3.80. The molecule has 4 aromatic rings. The third-order valence-corrected chi connectivity index (χ3v) is 5.38. The van der Waals surface area contributed by atoms with Crippen LogP contribution in [0.15, 0.2) is 72.8 Å². The standard InChI is InChI=1S/C23H19Cl2NO2/c24-17-8-6-16(7-9-17)14-26-21-11-10-18(25)13-19(21)20(22(26)23(27)28)12-15-4-2-1-3-5-15/h1-11,13,23,27-28H,12,14H2. The van der Waals surface area contributed by atoms with Crippen LogP contribution >= 0.6 is 23.2 Å². The largest absolute Gasteiger partial charge is 0.363 e. The quantitative estimate of drug-likeness (QED) is 0.421. The minimum Gasteiger partial charge on any atom is -0.363 e. The Balaban J connectivity index is 1.90. The first kappa shape index (κ1) is 19.0. The van der Waals surface area contributed by atoms with Crippen molar-refractivity contribution in [1.29, 1.82) is 0 Å². The average molecular weight is 412 g/mol. The predicted octanol–water partition coefficient (Wildman–Crippen LogP) is 5.57.